The van der Waals surface area contributed by atoms with E-state index in [1.165, 1.54) is 12.1 Å². The fourth-order valence-electron chi connectivity index (χ4n) is 3.22. The monoisotopic (exact) mass is 366 g/mol. The largest absolute Gasteiger partial charge is 0.354 e. The van der Waals surface area contributed by atoms with Crippen molar-refractivity contribution in [2.75, 3.05) is 23.3 Å². The highest BCUT2D eigenvalue weighted by atomic mass is 19.1. The van der Waals surface area contributed by atoms with Gasteiger partial charge in [0.2, 0.25) is 5.91 Å². The molecule has 0 spiro atoms. The molecule has 0 bridgehead atoms. The standard InChI is InChI=1S/C19H19FN6O/c20-15-5-1-6-16(12-15)22-19(27)14-4-2-10-25(13-14)17-7-8-18(24-23-17)26-11-3-9-21-26/h1,3,5-9,11-12,14H,2,4,10,13H2,(H,22,27). The second-order valence-corrected chi connectivity index (χ2v) is 6.49. The zero-order chi connectivity index (χ0) is 18.6. The van der Waals surface area contributed by atoms with Crippen molar-refractivity contribution in [1.82, 2.24) is 20.0 Å². The van der Waals surface area contributed by atoms with E-state index in [0.717, 1.165) is 25.2 Å². The highest BCUT2D eigenvalue weighted by Crippen LogP contribution is 2.23. The van der Waals surface area contributed by atoms with E-state index in [1.54, 1.807) is 29.2 Å². The van der Waals surface area contributed by atoms with Gasteiger partial charge in [0, 0.05) is 31.2 Å². The van der Waals surface area contributed by atoms with Gasteiger partial charge in [-0.05, 0) is 49.2 Å². The number of hydrogen-bond donors (Lipinski definition) is 1. The molecule has 138 valence electrons. The highest BCUT2D eigenvalue weighted by Gasteiger charge is 2.27. The third-order valence-corrected chi connectivity index (χ3v) is 4.58. The summed E-state index contributed by atoms with van der Waals surface area (Å²) in [7, 11) is 0. The van der Waals surface area contributed by atoms with E-state index >= 15 is 0 Å². The lowest BCUT2D eigenvalue weighted by atomic mass is 9.97. The Morgan fingerprint density at radius 1 is 1.15 bits per heavy atom. The zero-order valence-corrected chi connectivity index (χ0v) is 14.6. The molecule has 0 saturated carbocycles. The highest BCUT2D eigenvalue weighted by molar-refractivity contribution is 5.93. The van der Waals surface area contributed by atoms with Crippen LogP contribution in [0.5, 0.6) is 0 Å². The molecule has 1 unspecified atom stereocenters. The summed E-state index contributed by atoms with van der Waals surface area (Å²) >= 11 is 0. The quantitative estimate of drug-likeness (QED) is 0.768. The minimum atomic E-state index is -0.370. The molecule has 4 rings (SSSR count). The minimum absolute atomic E-state index is 0.105. The Kier molecular flexibility index (Phi) is 4.78. The Labute approximate surface area is 155 Å². The predicted molar refractivity (Wildman–Crippen MR) is 99.1 cm³/mol. The van der Waals surface area contributed by atoms with E-state index in [2.05, 4.69) is 25.5 Å². The first-order valence-corrected chi connectivity index (χ1v) is 8.84. The first-order valence-electron chi connectivity index (χ1n) is 8.84. The molecule has 1 aliphatic rings. The van der Waals surface area contributed by atoms with Gasteiger partial charge in [-0.15, -0.1) is 10.2 Å². The summed E-state index contributed by atoms with van der Waals surface area (Å²) in [4.78, 5) is 14.6. The molecule has 1 aromatic carbocycles. The van der Waals surface area contributed by atoms with E-state index in [0.29, 0.717) is 18.1 Å². The third kappa shape index (κ3) is 3.94. The molecule has 2 aromatic heterocycles. The van der Waals surface area contributed by atoms with E-state index in [1.807, 2.05) is 18.2 Å². The molecular formula is C19H19FN6O. The number of hydrogen-bond acceptors (Lipinski definition) is 5. The van der Waals surface area contributed by atoms with Gasteiger partial charge < -0.3 is 10.2 Å². The van der Waals surface area contributed by atoms with Crippen molar-refractivity contribution in [3.63, 3.8) is 0 Å². The van der Waals surface area contributed by atoms with Crippen LogP contribution in [0, 0.1) is 11.7 Å². The van der Waals surface area contributed by atoms with Gasteiger partial charge in [-0.2, -0.15) is 5.10 Å². The first-order chi connectivity index (χ1) is 13.2. The number of benzene rings is 1. The molecule has 1 fully saturated rings. The van der Waals surface area contributed by atoms with Crippen LogP contribution >= 0.6 is 0 Å². The number of amides is 1. The molecule has 3 heterocycles. The van der Waals surface area contributed by atoms with Crippen LogP contribution in [-0.2, 0) is 4.79 Å². The van der Waals surface area contributed by atoms with Crippen LogP contribution in [-0.4, -0.2) is 39.0 Å². The number of carbonyl (C=O) groups excluding carboxylic acids is 1. The summed E-state index contributed by atoms with van der Waals surface area (Å²) in [6.45, 7) is 1.37. The summed E-state index contributed by atoms with van der Waals surface area (Å²) in [5, 5.41) is 15.4. The average molecular weight is 366 g/mol. The Hall–Kier alpha value is -3.29. The summed E-state index contributed by atoms with van der Waals surface area (Å²) in [6, 6.07) is 11.5. The van der Waals surface area contributed by atoms with E-state index in [4.69, 9.17) is 0 Å². The van der Waals surface area contributed by atoms with Crippen molar-refractivity contribution in [2.45, 2.75) is 12.8 Å². The topological polar surface area (TPSA) is 75.9 Å². The number of carbonyl (C=O) groups is 1. The summed E-state index contributed by atoms with van der Waals surface area (Å²) < 4.78 is 14.9. The number of halogens is 1. The number of anilines is 2. The minimum Gasteiger partial charge on any atom is -0.354 e. The fraction of sp³-hybridized carbons (Fsp3) is 0.263. The van der Waals surface area contributed by atoms with Crippen molar-refractivity contribution in [1.29, 1.82) is 0 Å². The van der Waals surface area contributed by atoms with E-state index < -0.39 is 0 Å². The van der Waals surface area contributed by atoms with Crippen LogP contribution in [0.15, 0.2) is 54.9 Å². The van der Waals surface area contributed by atoms with Crippen LogP contribution in [0.4, 0.5) is 15.9 Å². The summed E-state index contributed by atoms with van der Waals surface area (Å²) in [5.41, 5.74) is 0.473. The van der Waals surface area contributed by atoms with Gasteiger partial charge in [-0.1, -0.05) is 6.07 Å². The lowest BCUT2D eigenvalue weighted by Crippen LogP contribution is -2.41. The molecule has 0 aliphatic carbocycles. The molecule has 1 amide bonds. The van der Waals surface area contributed by atoms with Crippen molar-refractivity contribution in [2.24, 2.45) is 5.92 Å². The number of nitrogens with zero attached hydrogens (tertiary/aromatic N) is 5. The number of piperidine rings is 1. The van der Waals surface area contributed by atoms with E-state index in [9.17, 15) is 9.18 Å². The van der Waals surface area contributed by atoms with Crippen LogP contribution in [0.3, 0.4) is 0 Å². The first kappa shape index (κ1) is 17.1. The molecule has 27 heavy (non-hydrogen) atoms. The molecule has 7 nitrogen and oxygen atoms in total. The van der Waals surface area contributed by atoms with Crippen LogP contribution < -0.4 is 10.2 Å². The van der Waals surface area contributed by atoms with Crippen molar-refractivity contribution in [3.8, 4) is 5.82 Å². The van der Waals surface area contributed by atoms with Gasteiger partial charge in [0.05, 0.1) is 5.92 Å². The van der Waals surface area contributed by atoms with Gasteiger partial charge in [0.1, 0.15) is 5.82 Å². The van der Waals surface area contributed by atoms with Gasteiger partial charge in [-0.25, -0.2) is 9.07 Å². The SMILES string of the molecule is O=C(Nc1cccc(F)c1)C1CCCN(c2ccc(-n3cccn3)nn2)C1. The Bertz CT molecular complexity index is 912. The summed E-state index contributed by atoms with van der Waals surface area (Å²) in [5.74, 6) is 0.710. The van der Waals surface area contributed by atoms with Gasteiger partial charge >= 0.3 is 0 Å². The smallest absolute Gasteiger partial charge is 0.229 e. The second kappa shape index (κ2) is 7.53. The molecule has 1 saturated heterocycles. The normalized spacial score (nSPS) is 16.9. The third-order valence-electron chi connectivity index (χ3n) is 4.58. The summed E-state index contributed by atoms with van der Waals surface area (Å²) in [6.07, 6.45) is 5.15. The van der Waals surface area contributed by atoms with Crippen molar-refractivity contribution >= 4 is 17.4 Å². The van der Waals surface area contributed by atoms with Crippen LogP contribution in [0.25, 0.3) is 5.82 Å². The molecule has 0 radical (unpaired) electrons. The Balaban J connectivity index is 1.42. The number of rotatable bonds is 4. The van der Waals surface area contributed by atoms with E-state index in [-0.39, 0.29) is 17.6 Å². The number of nitrogens with one attached hydrogen (secondary N) is 1. The number of aromatic nitrogens is 4. The maximum Gasteiger partial charge on any atom is 0.229 e. The van der Waals surface area contributed by atoms with Crippen molar-refractivity contribution < 1.29 is 9.18 Å². The lowest BCUT2D eigenvalue weighted by molar-refractivity contribution is -0.120. The molecule has 3 aromatic rings. The Morgan fingerprint density at radius 3 is 2.74 bits per heavy atom. The molecule has 1 N–H and O–H groups in total. The maximum atomic E-state index is 13.3. The lowest BCUT2D eigenvalue weighted by Gasteiger charge is -2.32. The maximum absolute atomic E-state index is 13.3. The zero-order valence-electron chi connectivity index (χ0n) is 14.6. The van der Waals surface area contributed by atoms with Crippen LogP contribution in [0.2, 0.25) is 0 Å². The van der Waals surface area contributed by atoms with Gasteiger partial charge in [-0.3, -0.25) is 4.79 Å². The fourth-order valence-corrected chi connectivity index (χ4v) is 3.22. The average Bonchev–Trinajstić information content (AvgIpc) is 3.23. The molecular weight excluding hydrogens is 347 g/mol. The van der Waals surface area contributed by atoms with Gasteiger partial charge in [0.15, 0.2) is 11.6 Å². The molecule has 8 heteroatoms. The van der Waals surface area contributed by atoms with Crippen molar-refractivity contribution in [3.05, 3.63) is 60.7 Å². The van der Waals surface area contributed by atoms with Gasteiger partial charge in [0.25, 0.3) is 0 Å². The van der Waals surface area contributed by atoms with Crippen LogP contribution in [0.1, 0.15) is 12.8 Å². The molecule has 1 atom stereocenters. The second-order valence-electron chi connectivity index (χ2n) is 6.49. The Morgan fingerprint density at radius 2 is 2.00 bits per heavy atom. The predicted octanol–water partition coefficient (Wildman–Crippen LogP) is 2.66. The molecule has 1 aliphatic heterocycles.